The Balaban J connectivity index is 2.10. The highest BCUT2D eigenvalue weighted by atomic mass is 19.4. The van der Waals surface area contributed by atoms with Crippen molar-refractivity contribution in [3.05, 3.63) is 47.7 Å². The Morgan fingerprint density at radius 1 is 1.19 bits per heavy atom. The van der Waals surface area contributed by atoms with Crippen LogP contribution in [0.1, 0.15) is 11.3 Å². The molecule has 1 aromatic carbocycles. The van der Waals surface area contributed by atoms with Crippen LogP contribution in [0.2, 0.25) is 0 Å². The molecule has 1 heterocycles. The highest BCUT2D eigenvalue weighted by Crippen LogP contribution is 2.33. The van der Waals surface area contributed by atoms with Crippen molar-refractivity contribution in [1.82, 2.24) is 4.98 Å². The largest absolute Gasteiger partial charge is 0.485 e. The van der Waals surface area contributed by atoms with Gasteiger partial charge in [-0.05, 0) is 24.3 Å². The number of alkyl halides is 3. The topological polar surface area (TPSA) is 57.4 Å². The Morgan fingerprint density at radius 3 is 2.57 bits per heavy atom. The summed E-state index contributed by atoms with van der Waals surface area (Å²) in [5.74, 6) is 0.601. The summed E-state index contributed by atoms with van der Waals surface area (Å²) in [7, 11) is 1.49. The maximum absolute atomic E-state index is 12.5. The molecule has 0 saturated heterocycles. The Bertz CT molecular complexity index is 630. The molecule has 2 aromatic rings. The molecule has 7 heteroatoms. The van der Waals surface area contributed by atoms with Crippen molar-refractivity contribution in [3.63, 3.8) is 0 Å². The summed E-state index contributed by atoms with van der Waals surface area (Å²) in [6.45, 7) is 0.0762. The van der Waals surface area contributed by atoms with Gasteiger partial charge in [-0.15, -0.1) is 0 Å². The number of aromatic nitrogens is 1. The van der Waals surface area contributed by atoms with E-state index in [-0.39, 0.29) is 18.0 Å². The van der Waals surface area contributed by atoms with Crippen molar-refractivity contribution in [3.8, 4) is 11.6 Å². The second kappa shape index (κ2) is 5.90. The van der Waals surface area contributed by atoms with Crippen molar-refractivity contribution >= 4 is 5.69 Å². The number of anilines is 1. The van der Waals surface area contributed by atoms with Crippen LogP contribution in [-0.2, 0) is 12.8 Å². The van der Waals surface area contributed by atoms with E-state index in [1.807, 2.05) is 0 Å². The van der Waals surface area contributed by atoms with Crippen molar-refractivity contribution in [2.75, 3.05) is 12.8 Å². The average Bonchev–Trinajstić information content (AvgIpc) is 2.45. The van der Waals surface area contributed by atoms with E-state index in [2.05, 4.69) is 4.98 Å². The Labute approximate surface area is 119 Å². The second-order valence-corrected chi connectivity index (χ2v) is 4.21. The van der Waals surface area contributed by atoms with Crippen LogP contribution >= 0.6 is 0 Å². The lowest BCUT2D eigenvalue weighted by Gasteiger charge is -2.12. The molecule has 2 rings (SSSR count). The van der Waals surface area contributed by atoms with E-state index in [1.165, 1.54) is 13.2 Å². The van der Waals surface area contributed by atoms with Gasteiger partial charge in [0.15, 0.2) is 0 Å². The van der Waals surface area contributed by atoms with Gasteiger partial charge in [0.1, 0.15) is 12.4 Å². The van der Waals surface area contributed by atoms with Crippen LogP contribution in [0.15, 0.2) is 36.4 Å². The number of rotatable bonds is 4. The van der Waals surface area contributed by atoms with E-state index in [0.29, 0.717) is 11.6 Å². The zero-order valence-corrected chi connectivity index (χ0v) is 11.1. The van der Waals surface area contributed by atoms with Crippen LogP contribution in [0.25, 0.3) is 0 Å². The van der Waals surface area contributed by atoms with Gasteiger partial charge in [0.05, 0.1) is 24.1 Å². The first-order chi connectivity index (χ1) is 9.90. The van der Waals surface area contributed by atoms with Gasteiger partial charge in [0.25, 0.3) is 0 Å². The maximum atomic E-state index is 12.5. The molecule has 1 aromatic heterocycles. The van der Waals surface area contributed by atoms with Crippen LogP contribution in [0.5, 0.6) is 11.6 Å². The number of hydrogen-bond donors (Lipinski definition) is 1. The summed E-state index contributed by atoms with van der Waals surface area (Å²) in [6.07, 6.45) is -4.43. The van der Waals surface area contributed by atoms with Crippen molar-refractivity contribution < 1.29 is 22.6 Å². The molecular formula is C14H13F3N2O2. The van der Waals surface area contributed by atoms with Crippen LogP contribution in [-0.4, -0.2) is 12.1 Å². The lowest BCUT2D eigenvalue weighted by atomic mass is 10.2. The molecule has 0 unspecified atom stereocenters. The molecule has 21 heavy (non-hydrogen) atoms. The number of nitrogens with zero attached hydrogens (tertiary/aromatic N) is 1. The third kappa shape index (κ3) is 3.77. The van der Waals surface area contributed by atoms with Gasteiger partial charge in [-0.1, -0.05) is 6.07 Å². The van der Waals surface area contributed by atoms with Gasteiger partial charge >= 0.3 is 6.18 Å². The molecule has 0 amide bonds. The molecular weight excluding hydrogens is 285 g/mol. The van der Waals surface area contributed by atoms with Gasteiger partial charge in [-0.25, -0.2) is 4.98 Å². The molecule has 0 spiro atoms. The second-order valence-electron chi connectivity index (χ2n) is 4.21. The van der Waals surface area contributed by atoms with Crippen LogP contribution in [0.4, 0.5) is 18.9 Å². The van der Waals surface area contributed by atoms with Crippen LogP contribution in [0, 0.1) is 0 Å². The van der Waals surface area contributed by atoms with E-state index < -0.39 is 11.7 Å². The molecule has 4 nitrogen and oxygen atoms in total. The van der Waals surface area contributed by atoms with Gasteiger partial charge in [0, 0.05) is 6.07 Å². The van der Waals surface area contributed by atoms with Crippen LogP contribution < -0.4 is 15.2 Å². The van der Waals surface area contributed by atoms with Gasteiger partial charge in [-0.3, -0.25) is 0 Å². The molecule has 0 fully saturated rings. The van der Waals surface area contributed by atoms with E-state index in [4.69, 9.17) is 15.2 Å². The molecule has 2 N–H and O–H groups in total. The fraction of sp³-hybridized carbons (Fsp3) is 0.214. The number of nitrogens with two attached hydrogens (primary N) is 1. The van der Waals surface area contributed by atoms with Crippen molar-refractivity contribution in [2.24, 2.45) is 0 Å². The summed E-state index contributed by atoms with van der Waals surface area (Å²) >= 11 is 0. The SMILES string of the molecule is COc1cccc(COc2ccc(C(F)(F)F)cc2N)n1. The van der Waals surface area contributed by atoms with E-state index in [0.717, 1.165) is 12.1 Å². The Kier molecular flexibility index (Phi) is 4.21. The minimum absolute atomic E-state index is 0.0762. The van der Waals surface area contributed by atoms with Gasteiger partial charge in [0.2, 0.25) is 5.88 Å². The quantitative estimate of drug-likeness (QED) is 0.880. The Morgan fingerprint density at radius 2 is 1.95 bits per heavy atom. The lowest BCUT2D eigenvalue weighted by Crippen LogP contribution is -2.07. The molecule has 0 saturated carbocycles. The predicted octanol–water partition coefficient (Wildman–Crippen LogP) is 3.27. The number of hydrogen-bond acceptors (Lipinski definition) is 4. The number of methoxy groups -OCH3 is 1. The number of benzene rings is 1. The summed E-state index contributed by atoms with van der Waals surface area (Å²) in [5.41, 5.74) is 5.26. The Hall–Kier alpha value is -2.44. The smallest absolute Gasteiger partial charge is 0.416 e. The predicted molar refractivity (Wildman–Crippen MR) is 71.0 cm³/mol. The zero-order valence-electron chi connectivity index (χ0n) is 11.1. The minimum atomic E-state index is -4.43. The first kappa shape index (κ1) is 15.0. The monoisotopic (exact) mass is 298 g/mol. The fourth-order valence-electron chi connectivity index (χ4n) is 1.66. The first-order valence-corrected chi connectivity index (χ1v) is 5.99. The number of pyridine rings is 1. The average molecular weight is 298 g/mol. The van der Waals surface area contributed by atoms with Crippen molar-refractivity contribution in [2.45, 2.75) is 12.8 Å². The normalized spacial score (nSPS) is 11.2. The molecule has 0 aliphatic heterocycles. The highest BCUT2D eigenvalue weighted by molar-refractivity contribution is 5.54. The van der Waals surface area contributed by atoms with Gasteiger partial charge in [-0.2, -0.15) is 13.2 Å². The molecule has 0 radical (unpaired) electrons. The first-order valence-electron chi connectivity index (χ1n) is 5.99. The molecule has 0 bridgehead atoms. The summed E-state index contributed by atoms with van der Waals surface area (Å²) in [4.78, 5) is 4.12. The maximum Gasteiger partial charge on any atom is 0.416 e. The third-order valence-electron chi connectivity index (χ3n) is 2.70. The molecule has 0 atom stereocenters. The minimum Gasteiger partial charge on any atom is -0.485 e. The van der Waals surface area contributed by atoms with Gasteiger partial charge < -0.3 is 15.2 Å². The van der Waals surface area contributed by atoms with E-state index >= 15 is 0 Å². The number of nitrogen functional groups attached to an aromatic ring is 1. The fourth-order valence-corrected chi connectivity index (χ4v) is 1.66. The summed E-state index contributed by atoms with van der Waals surface area (Å²) in [5, 5.41) is 0. The third-order valence-corrected chi connectivity index (χ3v) is 2.70. The number of ether oxygens (including phenoxy) is 2. The number of halogens is 3. The molecule has 0 aliphatic carbocycles. The zero-order chi connectivity index (χ0) is 15.5. The van der Waals surface area contributed by atoms with Crippen LogP contribution in [0.3, 0.4) is 0 Å². The molecule has 0 aliphatic rings. The summed E-state index contributed by atoms with van der Waals surface area (Å²) < 4.78 is 47.9. The van der Waals surface area contributed by atoms with E-state index in [1.54, 1.807) is 18.2 Å². The highest BCUT2D eigenvalue weighted by Gasteiger charge is 2.30. The molecule has 112 valence electrons. The summed E-state index contributed by atoms with van der Waals surface area (Å²) in [6, 6.07) is 8.08. The lowest BCUT2D eigenvalue weighted by molar-refractivity contribution is -0.137. The van der Waals surface area contributed by atoms with E-state index in [9.17, 15) is 13.2 Å². The standard InChI is InChI=1S/C14H13F3N2O2/c1-20-13-4-2-3-10(19-13)8-21-12-6-5-9(7-11(12)18)14(15,16)17/h2-7H,8,18H2,1H3. The van der Waals surface area contributed by atoms with Crippen molar-refractivity contribution in [1.29, 1.82) is 0 Å².